The summed E-state index contributed by atoms with van der Waals surface area (Å²) in [6, 6.07) is 24.4. The fourth-order valence-corrected chi connectivity index (χ4v) is 3.88. The topological polar surface area (TPSA) is 71.4 Å². The number of anilines is 2. The summed E-state index contributed by atoms with van der Waals surface area (Å²) >= 11 is 0. The van der Waals surface area contributed by atoms with Crippen LogP contribution in [0.25, 0.3) is 5.69 Å². The summed E-state index contributed by atoms with van der Waals surface area (Å²) < 4.78 is 21.3. The number of rotatable bonds is 7. The Hall–Kier alpha value is -4.85. The molecule has 2 heterocycles. The van der Waals surface area contributed by atoms with E-state index in [2.05, 4.69) is 15.7 Å². The van der Waals surface area contributed by atoms with E-state index in [0.717, 1.165) is 23.6 Å². The number of ether oxygens (including phenoxy) is 1. The van der Waals surface area contributed by atoms with Crippen molar-refractivity contribution in [1.29, 1.82) is 0 Å². The van der Waals surface area contributed by atoms with Crippen LogP contribution in [0.5, 0.6) is 5.75 Å². The van der Waals surface area contributed by atoms with Crippen LogP contribution in [0.15, 0.2) is 109 Å². The molecule has 7 nitrogen and oxygen atoms in total. The van der Waals surface area contributed by atoms with Gasteiger partial charge in [-0.25, -0.2) is 13.9 Å². The Morgan fingerprint density at radius 2 is 1.81 bits per heavy atom. The number of urea groups is 1. The van der Waals surface area contributed by atoms with Gasteiger partial charge >= 0.3 is 6.03 Å². The fraction of sp³-hybridized carbons (Fsp3) is 0.103. The zero-order valence-corrected chi connectivity index (χ0v) is 20.3. The smallest absolute Gasteiger partial charge is 0.324 e. The molecule has 3 aromatic carbocycles. The van der Waals surface area contributed by atoms with Crippen LogP contribution in [0, 0.1) is 5.82 Å². The molecular formula is C29H26FN5O2. The largest absolute Gasteiger partial charge is 0.458 e. The standard InChI is InChI=1S/C29H26FN5O2/c1-34-16-14-27(15-17-34)37-26-12-10-23(11-13-26)31-29(36)32-28-20-24(18-21-6-3-2-4-7-21)33-35(28)25-9-5-8-22(30)19-25/h2-16,19-20H,17-18H2,1H3,(H2,31,32,36). The third kappa shape index (κ3) is 6.24. The van der Waals surface area contributed by atoms with Crippen molar-refractivity contribution in [3.05, 3.63) is 126 Å². The Kier molecular flexibility index (Phi) is 6.98. The second kappa shape index (κ2) is 10.8. The first-order valence-electron chi connectivity index (χ1n) is 11.9. The van der Waals surface area contributed by atoms with Gasteiger partial charge < -0.3 is 15.0 Å². The van der Waals surface area contributed by atoms with Crippen LogP contribution in [-0.2, 0) is 6.42 Å². The van der Waals surface area contributed by atoms with Crippen LogP contribution in [0.4, 0.5) is 20.7 Å². The normalized spacial score (nSPS) is 12.7. The Labute approximate surface area is 214 Å². The van der Waals surface area contributed by atoms with Crippen LogP contribution in [0.3, 0.4) is 0 Å². The molecule has 0 saturated heterocycles. The number of amides is 2. The second-order valence-electron chi connectivity index (χ2n) is 8.64. The molecule has 0 saturated carbocycles. The van der Waals surface area contributed by atoms with Crippen LogP contribution in [0.1, 0.15) is 11.3 Å². The number of aromatic nitrogens is 2. The third-order valence-corrected chi connectivity index (χ3v) is 5.70. The highest BCUT2D eigenvalue weighted by atomic mass is 19.1. The number of benzene rings is 3. The highest BCUT2D eigenvalue weighted by Crippen LogP contribution is 2.22. The van der Waals surface area contributed by atoms with E-state index >= 15 is 0 Å². The summed E-state index contributed by atoms with van der Waals surface area (Å²) in [4.78, 5) is 14.9. The van der Waals surface area contributed by atoms with Gasteiger partial charge in [-0.05, 0) is 60.2 Å². The lowest BCUT2D eigenvalue weighted by molar-refractivity contribution is 0.262. The Balaban J connectivity index is 1.29. The van der Waals surface area contributed by atoms with Gasteiger partial charge in [0.15, 0.2) is 0 Å². The molecule has 1 aromatic heterocycles. The van der Waals surface area contributed by atoms with Crippen LogP contribution < -0.4 is 15.4 Å². The molecule has 2 amide bonds. The molecule has 0 fully saturated rings. The zero-order valence-electron chi connectivity index (χ0n) is 20.3. The van der Waals surface area contributed by atoms with Gasteiger partial charge in [0.25, 0.3) is 0 Å². The maximum Gasteiger partial charge on any atom is 0.324 e. The summed E-state index contributed by atoms with van der Waals surface area (Å²) in [5.74, 6) is 1.48. The number of carbonyl (C=O) groups excluding carboxylic acids is 1. The van der Waals surface area contributed by atoms with Crippen LogP contribution in [0.2, 0.25) is 0 Å². The van der Waals surface area contributed by atoms with Gasteiger partial charge in [-0.3, -0.25) is 5.32 Å². The van der Waals surface area contributed by atoms with Gasteiger partial charge in [0.1, 0.15) is 23.1 Å². The summed E-state index contributed by atoms with van der Waals surface area (Å²) in [6.07, 6.45) is 6.42. The number of likely N-dealkylation sites (N-methyl/N-ethyl adjacent to an activating group) is 1. The molecule has 2 N–H and O–H groups in total. The number of hydrogen-bond donors (Lipinski definition) is 2. The summed E-state index contributed by atoms with van der Waals surface area (Å²) in [5.41, 5.74) is 2.92. The van der Waals surface area contributed by atoms with Crippen molar-refractivity contribution < 1.29 is 13.9 Å². The van der Waals surface area contributed by atoms with Gasteiger partial charge in [0, 0.05) is 38.0 Å². The number of nitrogens with zero attached hydrogens (tertiary/aromatic N) is 3. The van der Waals surface area contributed by atoms with E-state index < -0.39 is 6.03 Å². The van der Waals surface area contributed by atoms with Gasteiger partial charge in [-0.2, -0.15) is 5.10 Å². The first-order chi connectivity index (χ1) is 18.0. The molecule has 0 atom stereocenters. The van der Waals surface area contributed by atoms with Gasteiger partial charge in [-0.1, -0.05) is 36.4 Å². The van der Waals surface area contributed by atoms with E-state index in [-0.39, 0.29) is 5.82 Å². The lowest BCUT2D eigenvalue weighted by Gasteiger charge is -2.17. The van der Waals surface area contributed by atoms with Gasteiger partial charge in [0.2, 0.25) is 0 Å². The van der Waals surface area contributed by atoms with E-state index in [1.54, 1.807) is 42.5 Å². The highest BCUT2D eigenvalue weighted by Gasteiger charge is 2.14. The van der Waals surface area contributed by atoms with E-state index in [0.29, 0.717) is 29.4 Å². The number of halogens is 1. The minimum absolute atomic E-state index is 0.387. The molecule has 0 bridgehead atoms. The maximum absolute atomic E-state index is 13.9. The second-order valence-corrected chi connectivity index (χ2v) is 8.64. The minimum atomic E-state index is -0.446. The highest BCUT2D eigenvalue weighted by molar-refractivity contribution is 5.99. The van der Waals surface area contributed by atoms with E-state index in [1.807, 2.05) is 60.6 Å². The molecule has 4 aromatic rings. The summed E-state index contributed by atoms with van der Waals surface area (Å²) in [6.45, 7) is 0.783. The average Bonchev–Trinajstić information content (AvgIpc) is 3.29. The molecular weight excluding hydrogens is 469 g/mol. The predicted octanol–water partition coefficient (Wildman–Crippen LogP) is 5.97. The van der Waals surface area contributed by atoms with Crippen molar-refractivity contribution in [3.63, 3.8) is 0 Å². The average molecular weight is 496 g/mol. The molecule has 8 heteroatoms. The van der Waals surface area contributed by atoms with Crippen molar-refractivity contribution in [2.45, 2.75) is 6.42 Å². The molecule has 0 radical (unpaired) electrons. The summed E-state index contributed by atoms with van der Waals surface area (Å²) in [5, 5.41) is 10.3. The van der Waals surface area contributed by atoms with Crippen LogP contribution in [-0.4, -0.2) is 34.3 Å². The molecule has 1 aliphatic rings. The molecule has 37 heavy (non-hydrogen) atoms. The van der Waals surface area contributed by atoms with Crippen LogP contribution >= 0.6 is 0 Å². The number of allylic oxidation sites excluding steroid dienone is 1. The molecule has 5 rings (SSSR count). The first kappa shape index (κ1) is 23.9. The van der Waals surface area contributed by atoms with E-state index in [1.165, 1.54) is 16.8 Å². The number of hydrogen-bond acceptors (Lipinski definition) is 4. The van der Waals surface area contributed by atoms with Crippen molar-refractivity contribution in [2.24, 2.45) is 0 Å². The molecule has 1 aliphatic heterocycles. The quantitative estimate of drug-likeness (QED) is 0.332. The Bertz CT molecular complexity index is 1440. The maximum atomic E-state index is 13.9. The molecule has 0 unspecified atom stereocenters. The Morgan fingerprint density at radius 3 is 2.54 bits per heavy atom. The van der Waals surface area contributed by atoms with Crippen molar-refractivity contribution in [2.75, 3.05) is 24.2 Å². The lowest BCUT2D eigenvalue weighted by Crippen LogP contribution is -2.21. The fourth-order valence-electron chi connectivity index (χ4n) is 3.88. The minimum Gasteiger partial charge on any atom is -0.458 e. The third-order valence-electron chi connectivity index (χ3n) is 5.70. The zero-order chi connectivity index (χ0) is 25.6. The molecule has 0 spiro atoms. The first-order valence-corrected chi connectivity index (χ1v) is 11.9. The van der Waals surface area contributed by atoms with Gasteiger partial charge in [-0.15, -0.1) is 0 Å². The van der Waals surface area contributed by atoms with Crippen molar-refractivity contribution >= 4 is 17.5 Å². The number of nitrogens with one attached hydrogen (secondary N) is 2. The molecule has 0 aliphatic carbocycles. The SMILES string of the molecule is CN1C=CC(Oc2ccc(NC(=O)Nc3cc(Cc4ccccc4)nn3-c3cccc(F)c3)cc2)=CC1. The van der Waals surface area contributed by atoms with E-state index in [9.17, 15) is 9.18 Å². The van der Waals surface area contributed by atoms with E-state index in [4.69, 9.17) is 4.74 Å². The number of carbonyl (C=O) groups is 1. The predicted molar refractivity (Wildman–Crippen MR) is 142 cm³/mol. The van der Waals surface area contributed by atoms with Crippen molar-refractivity contribution in [1.82, 2.24) is 14.7 Å². The Morgan fingerprint density at radius 1 is 1.00 bits per heavy atom. The van der Waals surface area contributed by atoms with Crippen molar-refractivity contribution in [3.8, 4) is 11.4 Å². The lowest BCUT2D eigenvalue weighted by atomic mass is 10.1. The monoisotopic (exact) mass is 495 g/mol. The summed E-state index contributed by atoms with van der Waals surface area (Å²) in [7, 11) is 1.99. The van der Waals surface area contributed by atoms with Gasteiger partial charge in [0.05, 0.1) is 11.4 Å². The molecule has 186 valence electrons.